The van der Waals surface area contributed by atoms with Gasteiger partial charge in [-0.1, -0.05) is 27.4 Å². The van der Waals surface area contributed by atoms with Crippen molar-refractivity contribution >= 4 is 0 Å². The first kappa shape index (κ1) is 14.6. The fourth-order valence-corrected chi connectivity index (χ4v) is 2.71. The van der Waals surface area contributed by atoms with Gasteiger partial charge < -0.3 is 10.1 Å². The number of hydrogen-bond donors (Lipinski definition) is 1. The molecule has 1 saturated carbocycles. The van der Waals surface area contributed by atoms with E-state index in [4.69, 9.17) is 4.74 Å². The molecule has 0 aromatic rings. The highest BCUT2D eigenvalue weighted by Gasteiger charge is 2.29. The smallest absolute Gasteiger partial charge is 0.0885 e. The van der Waals surface area contributed by atoms with E-state index in [0.717, 1.165) is 31.5 Å². The average Bonchev–Trinajstić information content (AvgIpc) is 2.28. The Balaban J connectivity index is 2.09. The van der Waals surface area contributed by atoms with Gasteiger partial charge in [-0.3, -0.25) is 0 Å². The molecule has 0 saturated heterocycles. The van der Waals surface area contributed by atoms with Crippen LogP contribution in [0.4, 0.5) is 0 Å². The molecule has 0 heterocycles. The molecule has 0 aromatic carbocycles. The number of ether oxygens (including phenoxy) is 1. The van der Waals surface area contributed by atoms with E-state index in [1.54, 1.807) is 0 Å². The van der Waals surface area contributed by atoms with Crippen LogP contribution in [-0.2, 0) is 4.74 Å². The molecule has 1 aliphatic rings. The van der Waals surface area contributed by atoms with Gasteiger partial charge in [0, 0.05) is 6.04 Å². The second-order valence-electron chi connectivity index (χ2n) is 6.26. The Labute approximate surface area is 107 Å². The van der Waals surface area contributed by atoms with Gasteiger partial charge in [0.1, 0.15) is 0 Å². The lowest BCUT2D eigenvalue weighted by atomic mass is 9.71. The fourth-order valence-electron chi connectivity index (χ4n) is 2.71. The monoisotopic (exact) mass is 239 g/mol. The van der Waals surface area contributed by atoms with E-state index in [1.165, 1.54) is 31.9 Å². The van der Waals surface area contributed by atoms with Crippen LogP contribution in [0, 0.1) is 11.3 Å². The summed E-state index contributed by atoms with van der Waals surface area (Å²) < 4.78 is 5.11. The summed E-state index contributed by atoms with van der Waals surface area (Å²) in [5.41, 5.74) is 0.489. The zero-order valence-electron chi connectivity index (χ0n) is 11.8. The average molecular weight is 239 g/mol. The van der Waals surface area contributed by atoms with E-state index in [2.05, 4.69) is 32.7 Å². The normalized spacial score (nSPS) is 25.6. The molecule has 0 bridgehead atoms. The summed E-state index contributed by atoms with van der Waals surface area (Å²) in [4.78, 5) is 0. The van der Waals surface area contributed by atoms with Crippen LogP contribution < -0.4 is 5.32 Å². The van der Waals surface area contributed by atoms with Gasteiger partial charge in [-0.15, -0.1) is 0 Å². The van der Waals surface area contributed by atoms with Gasteiger partial charge in [0.05, 0.1) is 12.9 Å². The molecule has 0 amide bonds. The highest BCUT2D eigenvalue weighted by Crippen LogP contribution is 2.37. The zero-order chi connectivity index (χ0) is 12.7. The van der Waals surface area contributed by atoms with Crippen LogP contribution in [-0.4, -0.2) is 19.2 Å². The molecule has 0 radical (unpaired) electrons. The second kappa shape index (κ2) is 7.05. The summed E-state index contributed by atoms with van der Waals surface area (Å²) >= 11 is 0. The third-order valence-electron chi connectivity index (χ3n) is 3.94. The van der Waals surface area contributed by atoms with Crippen molar-refractivity contribution in [3.63, 3.8) is 0 Å². The SMILES string of the molecule is C=COCCCNC1CCC(C(C)(C)C)CC1. The molecular weight excluding hydrogens is 210 g/mol. The second-order valence-corrected chi connectivity index (χ2v) is 6.26. The molecule has 2 heteroatoms. The van der Waals surface area contributed by atoms with Gasteiger partial charge in [0.2, 0.25) is 0 Å². The van der Waals surface area contributed by atoms with E-state index in [-0.39, 0.29) is 0 Å². The minimum atomic E-state index is 0.489. The first-order chi connectivity index (χ1) is 8.04. The molecule has 0 spiro atoms. The minimum Gasteiger partial charge on any atom is -0.502 e. The van der Waals surface area contributed by atoms with Crippen molar-refractivity contribution in [3.8, 4) is 0 Å². The predicted molar refractivity (Wildman–Crippen MR) is 74.0 cm³/mol. The maximum Gasteiger partial charge on any atom is 0.0885 e. The molecular formula is C15H29NO. The quantitative estimate of drug-likeness (QED) is 0.563. The highest BCUT2D eigenvalue weighted by atomic mass is 16.5. The summed E-state index contributed by atoms with van der Waals surface area (Å²) in [6, 6.07) is 0.734. The number of nitrogens with one attached hydrogen (secondary N) is 1. The molecule has 17 heavy (non-hydrogen) atoms. The Morgan fingerprint density at radius 2 is 1.88 bits per heavy atom. The van der Waals surface area contributed by atoms with E-state index < -0.39 is 0 Å². The molecule has 1 aliphatic carbocycles. The van der Waals surface area contributed by atoms with Crippen molar-refractivity contribution in [2.45, 2.75) is 58.9 Å². The first-order valence-corrected chi connectivity index (χ1v) is 7.00. The van der Waals surface area contributed by atoms with Crippen molar-refractivity contribution in [1.82, 2.24) is 5.32 Å². The minimum absolute atomic E-state index is 0.489. The van der Waals surface area contributed by atoms with Crippen LogP contribution >= 0.6 is 0 Å². The Kier molecular flexibility index (Phi) is 6.04. The Bertz CT molecular complexity index is 211. The van der Waals surface area contributed by atoms with Crippen LogP contribution in [0.2, 0.25) is 0 Å². The lowest BCUT2D eigenvalue weighted by Gasteiger charge is -2.37. The standard InChI is InChI=1S/C15H29NO/c1-5-17-12-6-11-16-14-9-7-13(8-10-14)15(2,3)4/h5,13-14,16H,1,6-12H2,2-4H3. The molecule has 100 valence electrons. The largest absolute Gasteiger partial charge is 0.502 e. The van der Waals surface area contributed by atoms with E-state index in [9.17, 15) is 0 Å². The summed E-state index contributed by atoms with van der Waals surface area (Å²) in [6.07, 6.45) is 8.03. The molecule has 0 atom stereocenters. The molecule has 1 fully saturated rings. The topological polar surface area (TPSA) is 21.3 Å². The third kappa shape index (κ3) is 5.58. The van der Waals surface area contributed by atoms with E-state index >= 15 is 0 Å². The van der Waals surface area contributed by atoms with Crippen molar-refractivity contribution < 1.29 is 4.74 Å². The summed E-state index contributed by atoms with van der Waals surface area (Å²) in [5.74, 6) is 0.907. The molecule has 0 aliphatic heterocycles. The van der Waals surface area contributed by atoms with Gasteiger partial charge in [-0.25, -0.2) is 0 Å². The molecule has 1 rings (SSSR count). The highest BCUT2D eigenvalue weighted by molar-refractivity contribution is 4.83. The Morgan fingerprint density at radius 3 is 2.41 bits per heavy atom. The van der Waals surface area contributed by atoms with Crippen LogP contribution in [0.25, 0.3) is 0 Å². The summed E-state index contributed by atoms with van der Waals surface area (Å²) in [7, 11) is 0. The van der Waals surface area contributed by atoms with Crippen molar-refractivity contribution in [2.24, 2.45) is 11.3 Å². The van der Waals surface area contributed by atoms with Gasteiger partial charge in [-0.05, 0) is 50.0 Å². The molecule has 0 aromatic heterocycles. The third-order valence-corrected chi connectivity index (χ3v) is 3.94. The maximum atomic E-state index is 5.11. The van der Waals surface area contributed by atoms with Crippen LogP contribution in [0.3, 0.4) is 0 Å². The van der Waals surface area contributed by atoms with Crippen molar-refractivity contribution in [3.05, 3.63) is 12.8 Å². The van der Waals surface area contributed by atoms with Gasteiger partial charge >= 0.3 is 0 Å². The lowest BCUT2D eigenvalue weighted by Crippen LogP contribution is -2.36. The van der Waals surface area contributed by atoms with Crippen molar-refractivity contribution in [2.75, 3.05) is 13.2 Å². The van der Waals surface area contributed by atoms with Crippen molar-refractivity contribution in [1.29, 1.82) is 0 Å². The maximum absolute atomic E-state index is 5.11. The molecule has 1 N–H and O–H groups in total. The molecule has 0 unspecified atom stereocenters. The lowest BCUT2D eigenvalue weighted by molar-refractivity contribution is 0.158. The van der Waals surface area contributed by atoms with Crippen LogP contribution in [0.15, 0.2) is 12.8 Å². The van der Waals surface area contributed by atoms with Gasteiger partial charge in [0.15, 0.2) is 0 Å². The molecule has 2 nitrogen and oxygen atoms in total. The van der Waals surface area contributed by atoms with Gasteiger partial charge in [0.25, 0.3) is 0 Å². The van der Waals surface area contributed by atoms with E-state index in [0.29, 0.717) is 5.41 Å². The zero-order valence-corrected chi connectivity index (χ0v) is 11.8. The van der Waals surface area contributed by atoms with Crippen LogP contribution in [0.5, 0.6) is 0 Å². The van der Waals surface area contributed by atoms with Crippen LogP contribution in [0.1, 0.15) is 52.9 Å². The summed E-state index contributed by atoms with van der Waals surface area (Å²) in [5, 5.41) is 3.64. The fraction of sp³-hybridized carbons (Fsp3) is 0.867. The Hall–Kier alpha value is -0.500. The number of hydrogen-bond acceptors (Lipinski definition) is 2. The predicted octanol–water partition coefficient (Wildman–Crippen LogP) is 3.73. The van der Waals surface area contributed by atoms with Gasteiger partial charge in [-0.2, -0.15) is 0 Å². The summed E-state index contributed by atoms with van der Waals surface area (Å²) in [6.45, 7) is 12.5. The van der Waals surface area contributed by atoms with E-state index in [1.807, 2.05) is 0 Å². The Morgan fingerprint density at radius 1 is 1.24 bits per heavy atom. The number of rotatable bonds is 6. The first-order valence-electron chi connectivity index (χ1n) is 7.00.